The normalized spacial score (nSPS) is 29.7. The fourth-order valence-electron chi connectivity index (χ4n) is 6.94. The zero-order valence-electron chi connectivity index (χ0n) is 24.5. The molecule has 0 saturated heterocycles. The molecule has 5 atom stereocenters. The highest BCUT2D eigenvalue weighted by molar-refractivity contribution is 7.87. The number of carbonyl (C=O) groups is 1. The molecule has 1 saturated carbocycles. The van der Waals surface area contributed by atoms with Crippen molar-refractivity contribution in [3.05, 3.63) is 69.8 Å². The first-order valence-corrected chi connectivity index (χ1v) is 16.8. The van der Waals surface area contributed by atoms with Crippen LogP contribution >= 0.6 is 11.6 Å². The number of nitrogens with one attached hydrogen (secondary N) is 1. The lowest BCUT2D eigenvalue weighted by Gasteiger charge is -2.47. The largest absolute Gasteiger partial charge is 0.491 e. The second kappa shape index (κ2) is 11.8. The first kappa shape index (κ1) is 29.5. The van der Waals surface area contributed by atoms with Crippen molar-refractivity contribution in [3.8, 4) is 5.75 Å². The van der Waals surface area contributed by atoms with Gasteiger partial charge < -0.3 is 14.4 Å². The van der Waals surface area contributed by atoms with Gasteiger partial charge >= 0.3 is 10.2 Å². The number of nitrogens with zero attached hydrogens (tertiary/aromatic N) is 2. The molecule has 0 radical (unpaired) electrons. The molecule has 226 valence electrons. The van der Waals surface area contributed by atoms with E-state index in [4.69, 9.17) is 21.1 Å². The molecule has 7 rings (SSSR count). The van der Waals surface area contributed by atoms with Gasteiger partial charge in [0.15, 0.2) is 0 Å². The highest BCUT2D eigenvalue weighted by atomic mass is 35.5. The lowest BCUT2D eigenvalue weighted by molar-refractivity contribution is -0.000350. The topological polar surface area (TPSA) is 88.2 Å². The van der Waals surface area contributed by atoms with Gasteiger partial charge in [0.25, 0.3) is 5.91 Å². The molecule has 8 nitrogen and oxygen atoms in total. The maximum atomic E-state index is 13.4. The van der Waals surface area contributed by atoms with E-state index < -0.39 is 16.1 Å². The Balaban J connectivity index is 1.45. The Morgan fingerprint density at radius 2 is 1.90 bits per heavy atom. The number of rotatable bonds is 1. The second-order valence-electron chi connectivity index (χ2n) is 12.2. The number of aryl methyl sites for hydroxylation is 1. The molecular weight excluding hydrogens is 574 g/mol. The summed E-state index contributed by atoms with van der Waals surface area (Å²) < 4.78 is 42.5. The van der Waals surface area contributed by atoms with E-state index in [0.717, 1.165) is 55.8 Å². The lowest BCUT2D eigenvalue weighted by atomic mass is 9.65. The monoisotopic (exact) mass is 613 g/mol. The average molecular weight is 614 g/mol. The molecule has 1 amide bonds. The van der Waals surface area contributed by atoms with Gasteiger partial charge in [-0.25, -0.2) is 4.72 Å². The predicted molar refractivity (Wildman–Crippen MR) is 164 cm³/mol. The predicted octanol–water partition coefficient (Wildman–Crippen LogP) is 5.36. The molecule has 0 unspecified atom stereocenters. The van der Waals surface area contributed by atoms with Crippen molar-refractivity contribution in [2.45, 2.75) is 64.1 Å². The molecule has 2 aromatic carbocycles. The summed E-state index contributed by atoms with van der Waals surface area (Å²) in [6.45, 7) is 3.82. The van der Waals surface area contributed by atoms with Crippen LogP contribution in [0.15, 0.2) is 48.0 Å². The first-order valence-electron chi connectivity index (χ1n) is 15.0. The van der Waals surface area contributed by atoms with Crippen molar-refractivity contribution in [3.63, 3.8) is 0 Å². The molecule has 5 aliphatic rings. The highest BCUT2D eigenvalue weighted by Gasteiger charge is 2.44. The molecule has 0 spiro atoms. The quantitative estimate of drug-likeness (QED) is 0.436. The van der Waals surface area contributed by atoms with Gasteiger partial charge in [-0.3, -0.25) is 4.79 Å². The fourth-order valence-corrected chi connectivity index (χ4v) is 8.22. The smallest absolute Gasteiger partial charge is 0.304 e. The van der Waals surface area contributed by atoms with Gasteiger partial charge in [0, 0.05) is 43.9 Å². The van der Waals surface area contributed by atoms with Crippen molar-refractivity contribution >= 4 is 33.4 Å². The van der Waals surface area contributed by atoms with Crippen molar-refractivity contribution in [1.82, 2.24) is 9.03 Å². The van der Waals surface area contributed by atoms with Gasteiger partial charge in [-0.15, -0.1) is 0 Å². The molecule has 4 bridgehead atoms. The van der Waals surface area contributed by atoms with Crippen LogP contribution in [-0.2, 0) is 27.9 Å². The Labute approximate surface area is 254 Å². The number of carbonyl (C=O) groups excluding carboxylic acids is 1. The fraction of sp³-hybridized carbons (Fsp3) is 0.531. The number of amides is 1. The number of benzene rings is 2. The van der Waals surface area contributed by atoms with Crippen LogP contribution < -0.4 is 14.4 Å². The summed E-state index contributed by atoms with van der Waals surface area (Å²) in [4.78, 5) is 15.7. The van der Waals surface area contributed by atoms with E-state index in [0.29, 0.717) is 30.7 Å². The van der Waals surface area contributed by atoms with Crippen molar-refractivity contribution in [2.75, 3.05) is 32.2 Å². The van der Waals surface area contributed by atoms with E-state index in [-0.39, 0.29) is 23.6 Å². The van der Waals surface area contributed by atoms with E-state index in [2.05, 4.69) is 27.8 Å². The van der Waals surface area contributed by atoms with Crippen LogP contribution in [0.3, 0.4) is 0 Å². The Kier molecular flexibility index (Phi) is 8.30. The Bertz CT molecular complexity index is 1490. The van der Waals surface area contributed by atoms with Crippen molar-refractivity contribution in [2.24, 2.45) is 17.8 Å². The first-order chi connectivity index (χ1) is 20.1. The summed E-state index contributed by atoms with van der Waals surface area (Å²) >= 11 is 6.42. The Morgan fingerprint density at radius 3 is 2.64 bits per heavy atom. The van der Waals surface area contributed by atoms with Crippen LogP contribution in [-0.4, -0.2) is 58.1 Å². The third-order valence-electron chi connectivity index (χ3n) is 9.82. The van der Waals surface area contributed by atoms with Crippen molar-refractivity contribution < 1.29 is 22.7 Å². The lowest BCUT2D eigenvalue weighted by Crippen LogP contribution is -2.50. The van der Waals surface area contributed by atoms with Crippen LogP contribution in [0.25, 0.3) is 0 Å². The number of hydrogen-bond donors (Lipinski definition) is 1. The molecule has 3 aliphatic heterocycles. The SMILES string of the molecule is CO[C@H]1C2=C[C@@H](C2)[C@H](C)N(C)S(=O)(=O)NC(=O)c2ccc3c(c2)N(Cc2ccc(Cl)cc2CCCCO3)C[C@@H]2CC[C@H]21. The molecule has 2 aromatic rings. The number of fused-ring (bicyclic) bond motifs is 5. The minimum absolute atomic E-state index is 0.0128. The van der Waals surface area contributed by atoms with Crippen LogP contribution in [0.5, 0.6) is 5.75 Å². The summed E-state index contributed by atoms with van der Waals surface area (Å²) in [6.07, 6.45) is 7.92. The van der Waals surface area contributed by atoms with E-state index in [1.807, 2.05) is 13.0 Å². The minimum atomic E-state index is -4.06. The second-order valence-corrected chi connectivity index (χ2v) is 14.4. The third-order valence-corrected chi connectivity index (χ3v) is 11.6. The van der Waals surface area contributed by atoms with Crippen LogP contribution in [0, 0.1) is 17.8 Å². The Hall–Kier alpha value is -2.59. The van der Waals surface area contributed by atoms with Crippen LogP contribution in [0.4, 0.5) is 5.69 Å². The van der Waals surface area contributed by atoms with Crippen molar-refractivity contribution in [1.29, 1.82) is 0 Å². The average Bonchev–Trinajstić information content (AvgIpc) is 2.95. The number of methoxy groups -OCH3 is 1. The molecule has 10 heteroatoms. The van der Waals surface area contributed by atoms with E-state index in [1.165, 1.54) is 28.1 Å². The van der Waals surface area contributed by atoms with Gasteiger partial charge in [-0.1, -0.05) is 23.7 Å². The van der Waals surface area contributed by atoms with Gasteiger partial charge in [-0.05, 0) is 110 Å². The molecule has 42 heavy (non-hydrogen) atoms. The standard InChI is InChI=1S/C32H40ClN3O5S/c1-20-25-14-26(15-25)31(40-3)28-11-8-24(28)19-36-18-23-7-10-27(33)16-21(23)6-4-5-13-41-30-12-9-22(17-29(30)36)32(37)34-42(38,39)35(20)2/h7,9-10,12,14,16-17,20,24-25,28,31H,4-6,8,11,13,15,18-19H2,1-3H3,(H,34,37)/t20-,24-,25-,28+,31-/m0/s1. The Morgan fingerprint density at radius 1 is 1.10 bits per heavy atom. The molecule has 2 aliphatic carbocycles. The zero-order valence-corrected chi connectivity index (χ0v) is 26.1. The molecular formula is C32H40ClN3O5S. The van der Waals surface area contributed by atoms with Gasteiger partial charge in [0.1, 0.15) is 5.75 Å². The van der Waals surface area contributed by atoms with E-state index in [9.17, 15) is 13.2 Å². The maximum absolute atomic E-state index is 13.4. The summed E-state index contributed by atoms with van der Waals surface area (Å²) in [7, 11) is -0.752. The van der Waals surface area contributed by atoms with Gasteiger partial charge in [0.05, 0.1) is 18.4 Å². The summed E-state index contributed by atoms with van der Waals surface area (Å²) in [5, 5.41) is 0.724. The maximum Gasteiger partial charge on any atom is 0.304 e. The minimum Gasteiger partial charge on any atom is -0.491 e. The number of hydrogen-bond acceptors (Lipinski definition) is 6. The molecule has 1 N–H and O–H groups in total. The van der Waals surface area contributed by atoms with Crippen LogP contribution in [0.2, 0.25) is 5.02 Å². The van der Waals surface area contributed by atoms with E-state index in [1.54, 1.807) is 25.3 Å². The molecule has 3 heterocycles. The summed E-state index contributed by atoms with van der Waals surface area (Å²) in [6, 6.07) is 11.0. The summed E-state index contributed by atoms with van der Waals surface area (Å²) in [5.41, 5.74) is 4.73. The highest BCUT2D eigenvalue weighted by Crippen LogP contribution is 2.46. The van der Waals surface area contributed by atoms with Gasteiger partial charge in [0.2, 0.25) is 0 Å². The third kappa shape index (κ3) is 5.68. The van der Waals surface area contributed by atoms with E-state index >= 15 is 0 Å². The molecule has 0 aromatic heterocycles. The number of ether oxygens (including phenoxy) is 2. The summed E-state index contributed by atoms with van der Waals surface area (Å²) in [5.74, 6) is 0.872. The van der Waals surface area contributed by atoms with Gasteiger partial charge in [-0.2, -0.15) is 12.7 Å². The van der Waals surface area contributed by atoms with Crippen LogP contribution in [0.1, 0.15) is 60.5 Å². The number of anilines is 1. The number of halogens is 1. The molecule has 1 fully saturated rings. The zero-order chi connectivity index (χ0) is 29.6.